The Labute approximate surface area is 168 Å². The maximum Gasteiger partial charge on any atom is 0.175 e. The van der Waals surface area contributed by atoms with Crippen LogP contribution in [-0.4, -0.2) is 25.9 Å². The summed E-state index contributed by atoms with van der Waals surface area (Å²) in [7, 11) is 0. The number of hydrogen-bond donors (Lipinski definition) is 1. The van der Waals surface area contributed by atoms with Gasteiger partial charge in [0.1, 0.15) is 12.4 Å². The molecule has 1 saturated heterocycles. The Bertz CT molecular complexity index is 750. The topological polar surface area (TPSA) is 39.7 Å². The smallest absolute Gasteiger partial charge is 0.175 e. The molecule has 0 saturated carbocycles. The predicted octanol–water partition coefficient (Wildman–Crippen LogP) is 4.83. The van der Waals surface area contributed by atoms with Crippen LogP contribution in [0.1, 0.15) is 30.9 Å². The van der Waals surface area contributed by atoms with Crippen molar-refractivity contribution in [1.82, 2.24) is 5.32 Å². The van der Waals surface area contributed by atoms with Gasteiger partial charge in [-0.05, 0) is 59.5 Å². The van der Waals surface area contributed by atoms with Crippen molar-refractivity contribution in [3.8, 4) is 11.5 Å². The van der Waals surface area contributed by atoms with Gasteiger partial charge in [-0.15, -0.1) is 0 Å². The first kappa shape index (κ1) is 20.1. The van der Waals surface area contributed by atoms with Gasteiger partial charge in [0.05, 0.1) is 17.2 Å². The van der Waals surface area contributed by atoms with Crippen LogP contribution >= 0.6 is 15.9 Å². The minimum absolute atomic E-state index is 0.141. The predicted molar refractivity (Wildman–Crippen MR) is 107 cm³/mol. The summed E-state index contributed by atoms with van der Waals surface area (Å²) in [4.78, 5) is 0. The molecule has 0 unspecified atom stereocenters. The molecule has 0 amide bonds. The Kier molecular flexibility index (Phi) is 7.50. The molecule has 0 radical (unpaired) electrons. The fourth-order valence-corrected chi connectivity index (χ4v) is 3.68. The van der Waals surface area contributed by atoms with E-state index in [0.717, 1.165) is 36.0 Å². The molecule has 3 rings (SSSR count). The molecule has 146 valence electrons. The lowest BCUT2D eigenvalue weighted by molar-refractivity contribution is 0.110. The maximum absolute atomic E-state index is 13.8. The summed E-state index contributed by atoms with van der Waals surface area (Å²) in [6.45, 7) is 5.01. The number of hydrogen-bond acceptors (Lipinski definition) is 4. The van der Waals surface area contributed by atoms with E-state index in [9.17, 15) is 4.39 Å². The minimum atomic E-state index is -0.276. The summed E-state index contributed by atoms with van der Waals surface area (Å²) in [5, 5.41) is 3.43. The molecule has 2 aromatic rings. The normalized spacial score (nSPS) is 16.5. The van der Waals surface area contributed by atoms with Gasteiger partial charge in [0, 0.05) is 25.3 Å². The van der Waals surface area contributed by atoms with E-state index in [4.69, 9.17) is 14.2 Å². The molecule has 2 aromatic carbocycles. The molecule has 4 nitrogen and oxygen atoms in total. The molecule has 1 aliphatic heterocycles. The van der Waals surface area contributed by atoms with Crippen molar-refractivity contribution in [2.45, 2.75) is 39.0 Å². The molecule has 6 heteroatoms. The third-order valence-electron chi connectivity index (χ3n) is 4.42. The molecule has 1 fully saturated rings. The average Bonchev–Trinajstić information content (AvgIpc) is 3.16. The second kappa shape index (κ2) is 10.1. The molecule has 0 spiro atoms. The Morgan fingerprint density at radius 2 is 2.11 bits per heavy atom. The van der Waals surface area contributed by atoms with Crippen molar-refractivity contribution >= 4 is 15.9 Å². The van der Waals surface area contributed by atoms with Crippen molar-refractivity contribution in [2.75, 3.05) is 19.8 Å². The molecule has 0 bridgehead atoms. The van der Waals surface area contributed by atoms with Gasteiger partial charge in [0.15, 0.2) is 11.5 Å². The lowest BCUT2D eigenvalue weighted by atomic mass is 10.2. The van der Waals surface area contributed by atoms with Crippen LogP contribution in [-0.2, 0) is 17.9 Å². The van der Waals surface area contributed by atoms with Gasteiger partial charge >= 0.3 is 0 Å². The van der Waals surface area contributed by atoms with Crippen molar-refractivity contribution in [1.29, 1.82) is 0 Å². The second-order valence-corrected chi connectivity index (χ2v) is 7.34. The van der Waals surface area contributed by atoms with Gasteiger partial charge in [0.25, 0.3) is 0 Å². The van der Waals surface area contributed by atoms with Crippen LogP contribution in [0.15, 0.2) is 40.9 Å². The number of nitrogens with one attached hydrogen (secondary N) is 1. The maximum atomic E-state index is 13.8. The van der Waals surface area contributed by atoms with E-state index < -0.39 is 0 Å². The Hall–Kier alpha value is -1.63. The summed E-state index contributed by atoms with van der Waals surface area (Å²) < 4.78 is 31.9. The monoisotopic (exact) mass is 437 g/mol. The zero-order chi connectivity index (χ0) is 19.1. The van der Waals surface area contributed by atoms with Gasteiger partial charge in [-0.2, -0.15) is 0 Å². The summed E-state index contributed by atoms with van der Waals surface area (Å²) in [6, 6.07) is 10.6. The van der Waals surface area contributed by atoms with E-state index >= 15 is 0 Å². The van der Waals surface area contributed by atoms with E-state index in [2.05, 4.69) is 21.2 Å². The summed E-state index contributed by atoms with van der Waals surface area (Å²) in [5.41, 5.74) is 1.59. The number of ether oxygens (including phenoxy) is 3. The highest BCUT2D eigenvalue weighted by atomic mass is 79.9. The van der Waals surface area contributed by atoms with Crippen molar-refractivity contribution in [2.24, 2.45) is 0 Å². The van der Waals surface area contributed by atoms with Crippen LogP contribution in [0.5, 0.6) is 11.5 Å². The third kappa shape index (κ3) is 5.67. The van der Waals surface area contributed by atoms with Crippen molar-refractivity contribution in [3.05, 3.63) is 57.8 Å². The third-order valence-corrected chi connectivity index (χ3v) is 5.01. The second-order valence-electron chi connectivity index (χ2n) is 6.48. The summed E-state index contributed by atoms with van der Waals surface area (Å²) in [5.74, 6) is 0.960. The first-order valence-electron chi connectivity index (χ1n) is 9.31. The largest absolute Gasteiger partial charge is 0.490 e. The van der Waals surface area contributed by atoms with Crippen LogP contribution in [0.25, 0.3) is 0 Å². The van der Waals surface area contributed by atoms with Crippen LogP contribution < -0.4 is 14.8 Å². The molecule has 0 aromatic heterocycles. The van der Waals surface area contributed by atoms with Gasteiger partial charge in [0.2, 0.25) is 0 Å². The van der Waals surface area contributed by atoms with Crippen molar-refractivity contribution < 1.29 is 18.6 Å². The lowest BCUT2D eigenvalue weighted by Gasteiger charge is -2.16. The van der Waals surface area contributed by atoms with Crippen LogP contribution in [0.3, 0.4) is 0 Å². The van der Waals surface area contributed by atoms with Crippen LogP contribution in [0, 0.1) is 5.82 Å². The van der Waals surface area contributed by atoms with E-state index in [0.29, 0.717) is 36.3 Å². The van der Waals surface area contributed by atoms with Gasteiger partial charge in [-0.1, -0.05) is 18.2 Å². The molecule has 1 atom stereocenters. The molecular formula is C21H25BrFNO3. The van der Waals surface area contributed by atoms with E-state index in [1.54, 1.807) is 18.2 Å². The molecule has 0 aliphatic carbocycles. The highest BCUT2D eigenvalue weighted by Crippen LogP contribution is 2.37. The molecule has 1 N–H and O–H groups in total. The zero-order valence-electron chi connectivity index (χ0n) is 15.5. The quantitative estimate of drug-likeness (QED) is 0.609. The Balaban J connectivity index is 1.66. The van der Waals surface area contributed by atoms with E-state index in [-0.39, 0.29) is 12.4 Å². The van der Waals surface area contributed by atoms with E-state index in [1.165, 1.54) is 6.07 Å². The Morgan fingerprint density at radius 1 is 1.26 bits per heavy atom. The fraction of sp³-hybridized carbons (Fsp3) is 0.429. The summed E-state index contributed by atoms with van der Waals surface area (Å²) in [6.07, 6.45) is 2.56. The SMILES string of the molecule is CCOc1cc(CNC[C@H]2CCCO2)cc(Br)c1OCc1ccccc1F. The van der Waals surface area contributed by atoms with Crippen LogP contribution in [0.4, 0.5) is 4.39 Å². The highest BCUT2D eigenvalue weighted by molar-refractivity contribution is 9.10. The zero-order valence-corrected chi connectivity index (χ0v) is 17.1. The van der Waals surface area contributed by atoms with Gasteiger partial charge in [-0.25, -0.2) is 4.39 Å². The van der Waals surface area contributed by atoms with Gasteiger partial charge in [-0.3, -0.25) is 0 Å². The summed E-state index contributed by atoms with van der Waals surface area (Å²) >= 11 is 3.57. The molecule has 1 aliphatic rings. The first-order chi connectivity index (χ1) is 13.2. The molecule has 1 heterocycles. The number of rotatable bonds is 9. The van der Waals surface area contributed by atoms with Crippen molar-refractivity contribution in [3.63, 3.8) is 0 Å². The molecular weight excluding hydrogens is 413 g/mol. The highest BCUT2D eigenvalue weighted by Gasteiger charge is 2.16. The van der Waals surface area contributed by atoms with Crippen LogP contribution in [0.2, 0.25) is 0 Å². The number of halogens is 2. The first-order valence-corrected chi connectivity index (χ1v) is 10.1. The standard InChI is InChI=1S/C21H25BrFNO3/c1-2-25-20-11-15(12-24-13-17-7-5-9-26-17)10-18(22)21(20)27-14-16-6-3-4-8-19(16)23/h3-4,6,8,10-11,17,24H,2,5,7,9,12-14H2,1H3/t17-/m1/s1. The van der Waals surface area contributed by atoms with Gasteiger partial charge < -0.3 is 19.5 Å². The minimum Gasteiger partial charge on any atom is -0.490 e. The number of benzene rings is 2. The fourth-order valence-electron chi connectivity index (χ4n) is 3.07. The van der Waals surface area contributed by atoms with E-state index in [1.807, 2.05) is 19.1 Å². The Morgan fingerprint density at radius 3 is 2.85 bits per heavy atom. The average molecular weight is 438 g/mol. The lowest BCUT2D eigenvalue weighted by Crippen LogP contribution is -2.25. The molecule has 27 heavy (non-hydrogen) atoms.